The molecule has 0 aliphatic carbocycles. The van der Waals surface area contributed by atoms with Crippen molar-refractivity contribution in [2.45, 2.75) is 4.90 Å². The Balaban J connectivity index is 2.52. The molecule has 0 saturated carbocycles. The third-order valence-electron chi connectivity index (χ3n) is 2.50. The van der Waals surface area contributed by atoms with E-state index in [2.05, 4.69) is 4.98 Å². The van der Waals surface area contributed by atoms with Gasteiger partial charge in [0.15, 0.2) is 0 Å². The fourth-order valence-corrected chi connectivity index (χ4v) is 2.68. The summed E-state index contributed by atoms with van der Waals surface area (Å²) in [6, 6.07) is 6.39. The van der Waals surface area contributed by atoms with Crippen molar-refractivity contribution in [3.8, 4) is 5.75 Å². The molecule has 0 N–H and O–H groups in total. The summed E-state index contributed by atoms with van der Waals surface area (Å²) in [6.45, 7) is 0.810. The minimum Gasteiger partial charge on any atom is -0.490 e. The molecule has 19 heavy (non-hydrogen) atoms. The van der Waals surface area contributed by atoms with Crippen LogP contribution in [-0.2, 0) is 13.8 Å². The first-order valence-electron chi connectivity index (χ1n) is 5.48. The van der Waals surface area contributed by atoms with Crippen LogP contribution in [0.4, 0.5) is 0 Å². The molecule has 1 aromatic heterocycles. The standard InChI is InChI=1S/C12H12ClNO4S/c1-17-7-8-18-10-4-5-11(19(13,15)16)12-9(10)3-2-6-14-12/h2-6H,7-8H2,1H3. The molecule has 1 aromatic carbocycles. The monoisotopic (exact) mass is 301 g/mol. The summed E-state index contributed by atoms with van der Waals surface area (Å²) in [5.74, 6) is 0.546. The summed E-state index contributed by atoms with van der Waals surface area (Å²) in [6.07, 6.45) is 1.51. The molecule has 0 atom stereocenters. The van der Waals surface area contributed by atoms with Crippen molar-refractivity contribution < 1.29 is 17.9 Å². The molecular weight excluding hydrogens is 290 g/mol. The van der Waals surface area contributed by atoms with E-state index in [9.17, 15) is 8.42 Å². The highest BCUT2D eigenvalue weighted by atomic mass is 35.7. The van der Waals surface area contributed by atoms with Crippen LogP contribution in [0.3, 0.4) is 0 Å². The van der Waals surface area contributed by atoms with Crippen molar-refractivity contribution in [2.75, 3.05) is 20.3 Å². The molecule has 0 amide bonds. The Kier molecular flexibility index (Phi) is 4.24. The van der Waals surface area contributed by atoms with Gasteiger partial charge in [-0.25, -0.2) is 8.42 Å². The van der Waals surface area contributed by atoms with Gasteiger partial charge in [-0.2, -0.15) is 0 Å². The van der Waals surface area contributed by atoms with Gasteiger partial charge in [0.25, 0.3) is 9.05 Å². The van der Waals surface area contributed by atoms with Crippen LogP contribution >= 0.6 is 10.7 Å². The predicted octanol–water partition coefficient (Wildman–Crippen LogP) is 2.19. The Bertz CT molecular complexity index is 687. The van der Waals surface area contributed by atoms with Crippen molar-refractivity contribution >= 4 is 30.6 Å². The maximum Gasteiger partial charge on any atom is 0.263 e. The van der Waals surface area contributed by atoms with Crippen molar-refractivity contribution in [1.82, 2.24) is 4.98 Å². The van der Waals surface area contributed by atoms with Gasteiger partial charge >= 0.3 is 0 Å². The molecule has 0 radical (unpaired) electrons. The van der Waals surface area contributed by atoms with E-state index in [1.54, 1.807) is 25.3 Å². The van der Waals surface area contributed by atoms with Gasteiger partial charge in [-0.3, -0.25) is 4.98 Å². The third-order valence-corrected chi connectivity index (χ3v) is 3.85. The van der Waals surface area contributed by atoms with Crippen LogP contribution in [0.2, 0.25) is 0 Å². The minimum absolute atomic E-state index is 0.0242. The molecule has 7 heteroatoms. The number of rotatable bonds is 5. The summed E-state index contributed by atoms with van der Waals surface area (Å²) in [5.41, 5.74) is 0.299. The summed E-state index contributed by atoms with van der Waals surface area (Å²) in [5, 5.41) is 0.598. The van der Waals surface area contributed by atoms with Gasteiger partial charge in [0.1, 0.15) is 17.3 Å². The van der Waals surface area contributed by atoms with Crippen LogP contribution in [0.25, 0.3) is 10.9 Å². The third kappa shape index (κ3) is 3.15. The molecule has 5 nitrogen and oxygen atoms in total. The molecule has 0 unspecified atom stereocenters. The molecule has 0 saturated heterocycles. The Morgan fingerprint density at radius 2 is 2.05 bits per heavy atom. The van der Waals surface area contributed by atoms with Crippen LogP contribution in [0, 0.1) is 0 Å². The number of methoxy groups -OCH3 is 1. The zero-order chi connectivity index (χ0) is 13.9. The Morgan fingerprint density at radius 3 is 2.74 bits per heavy atom. The highest BCUT2D eigenvalue weighted by Crippen LogP contribution is 2.31. The van der Waals surface area contributed by atoms with E-state index in [0.717, 1.165) is 0 Å². The number of halogens is 1. The van der Waals surface area contributed by atoms with Crippen molar-refractivity contribution in [3.05, 3.63) is 30.5 Å². The molecule has 0 bridgehead atoms. The van der Waals surface area contributed by atoms with Gasteiger partial charge in [-0.15, -0.1) is 0 Å². The molecule has 0 spiro atoms. The fourth-order valence-electron chi connectivity index (χ4n) is 1.68. The first kappa shape index (κ1) is 14.0. The lowest BCUT2D eigenvalue weighted by Gasteiger charge is -2.10. The minimum atomic E-state index is -3.84. The Hall–Kier alpha value is -1.37. The molecule has 0 aliphatic rings. The number of hydrogen-bond acceptors (Lipinski definition) is 5. The normalized spacial score (nSPS) is 11.7. The molecular formula is C12H12ClNO4S. The summed E-state index contributed by atoms with van der Waals surface area (Å²) < 4.78 is 33.4. The number of benzene rings is 1. The highest BCUT2D eigenvalue weighted by molar-refractivity contribution is 8.14. The second kappa shape index (κ2) is 5.73. The quantitative estimate of drug-likeness (QED) is 0.625. The average molecular weight is 302 g/mol. The summed E-state index contributed by atoms with van der Waals surface area (Å²) >= 11 is 0. The number of nitrogens with zero attached hydrogens (tertiary/aromatic N) is 1. The lowest BCUT2D eigenvalue weighted by Crippen LogP contribution is -2.05. The zero-order valence-corrected chi connectivity index (χ0v) is 11.7. The second-order valence-corrected chi connectivity index (χ2v) is 6.27. The van der Waals surface area contributed by atoms with E-state index in [1.165, 1.54) is 12.3 Å². The first-order chi connectivity index (χ1) is 9.04. The van der Waals surface area contributed by atoms with Crippen LogP contribution in [-0.4, -0.2) is 33.7 Å². The zero-order valence-electron chi connectivity index (χ0n) is 10.2. The SMILES string of the molecule is COCCOc1ccc(S(=O)(=O)Cl)c2ncccc12. The largest absolute Gasteiger partial charge is 0.490 e. The van der Waals surface area contributed by atoms with E-state index < -0.39 is 9.05 Å². The van der Waals surface area contributed by atoms with Gasteiger partial charge in [-0.05, 0) is 24.3 Å². The number of fused-ring (bicyclic) bond motifs is 1. The van der Waals surface area contributed by atoms with Crippen LogP contribution < -0.4 is 4.74 Å². The lowest BCUT2D eigenvalue weighted by atomic mass is 10.2. The predicted molar refractivity (Wildman–Crippen MR) is 72.2 cm³/mol. The molecule has 102 valence electrons. The molecule has 2 aromatic rings. The van der Waals surface area contributed by atoms with E-state index in [0.29, 0.717) is 29.9 Å². The Labute approximate surface area is 115 Å². The van der Waals surface area contributed by atoms with E-state index in [4.69, 9.17) is 20.2 Å². The van der Waals surface area contributed by atoms with Gasteiger partial charge in [0.05, 0.1) is 12.1 Å². The number of pyridine rings is 1. The first-order valence-corrected chi connectivity index (χ1v) is 7.79. The highest BCUT2D eigenvalue weighted by Gasteiger charge is 2.17. The van der Waals surface area contributed by atoms with Crippen LogP contribution in [0.1, 0.15) is 0 Å². The van der Waals surface area contributed by atoms with Crippen molar-refractivity contribution in [3.63, 3.8) is 0 Å². The molecule has 1 heterocycles. The smallest absolute Gasteiger partial charge is 0.263 e. The van der Waals surface area contributed by atoms with Crippen molar-refractivity contribution in [1.29, 1.82) is 0 Å². The van der Waals surface area contributed by atoms with Gasteiger partial charge in [0, 0.05) is 29.4 Å². The average Bonchev–Trinajstić information content (AvgIpc) is 2.37. The Morgan fingerprint density at radius 1 is 1.26 bits per heavy atom. The van der Waals surface area contributed by atoms with Crippen LogP contribution in [0.5, 0.6) is 5.75 Å². The number of aromatic nitrogens is 1. The molecule has 0 fully saturated rings. The summed E-state index contributed by atoms with van der Waals surface area (Å²) in [4.78, 5) is 4.04. The number of hydrogen-bond donors (Lipinski definition) is 0. The van der Waals surface area contributed by atoms with E-state index >= 15 is 0 Å². The molecule has 2 rings (SSSR count). The topological polar surface area (TPSA) is 65.5 Å². The summed E-state index contributed by atoms with van der Waals surface area (Å²) in [7, 11) is 3.12. The fraction of sp³-hybridized carbons (Fsp3) is 0.250. The molecule has 0 aliphatic heterocycles. The maximum absolute atomic E-state index is 11.5. The second-order valence-electron chi connectivity index (χ2n) is 3.74. The van der Waals surface area contributed by atoms with E-state index in [1.807, 2.05) is 0 Å². The van der Waals surface area contributed by atoms with Crippen molar-refractivity contribution in [2.24, 2.45) is 0 Å². The number of ether oxygens (including phenoxy) is 2. The van der Waals surface area contributed by atoms with Gasteiger partial charge in [0.2, 0.25) is 0 Å². The van der Waals surface area contributed by atoms with Gasteiger partial charge in [-0.1, -0.05) is 0 Å². The van der Waals surface area contributed by atoms with Crippen LogP contribution in [0.15, 0.2) is 35.4 Å². The maximum atomic E-state index is 11.5. The lowest BCUT2D eigenvalue weighted by molar-refractivity contribution is 0.147. The van der Waals surface area contributed by atoms with Gasteiger partial charge < -0.3 is 9.47 Å². The van der Waals surface area contributed by atoms with E-state index in [-0.39, 0.29) is 4.90 Å².